The van der Waals surface area contributed by atoms with E-state index in [1.807, 2.05) is 10.9 Å². The van der Waals surface area contributed by atoms with Gasteiger partial charge in [0.05, 0.1) is 24.3 Å². The molecule has 0 aliphatic rings. The summed E-state index contributed by atoms with van der Waals surface area (Å²) in [6.07, 6.45) is 1.88. The first kappa shape index (κ1) is 11.1. The van der Waals surface area contributed by atoms with Crippen LogP contribution < -0.4 is 0 Å². The van der Waals surface area contributed by atoms with Gasteiger partial charge in [-0.05, 0) is 25.0 Å². The summed E-state index contributed by atoms with van der Waals surface area (Å²) in [6.45, 7) is 4.94. The molecule has 0 spiro atoms. The highest BCUT2D eigenvalue weighted by atomic mass is 35.5. The summed E-state index contributed by atoms with van der Waals surface area (Å²) in [7, 11) is 0. The van der Waals surface area contributed by atoms with Gasteiger partial charge in [-0.25, -0.2) is 4.68 Å². The predicted molar refractivity (Wildman–Crippen MR) is 64.6 cm³/mol. The van der Waals surface area contributed by atoms with Gasteiger partial charge in [-0.3, -0.25) is 0 Å². The minimum Gasteiger partial charge on any atom is -0.248 e. The number of hydrogen-bond acceptors (Lipinski definition) is 2. The number of rotatable bonds is 3. The lowest BCUT2D eigenvalue weighted by Crippen LogP contribution is -2.02. The molecule has 4 heteroatoms. The summed E-state index contributed by atoms with van der Waals surface area (Å²) in [5, 5.41) is 8.00. The van der Waals surface area contributed by atoms with Crippen LogP contribution in [-0.4, -0.2) is 15.0 Å². The van der Waals surface area contributed by atoms with E-state index in [0.717, 1.165) is 12.2 Å². The van der Waals surface area contributed by atoms with Crippen molar-refractivity contribution in [2.75, 3.05) is 0 Å². The molecule has 0 radical (unpaired) electrons. The maximum Gasteiger partial charge on any atom is 0.0974 e. The molecule has 16 heavy (non-hydrogen) atoms. The molecule has 0 aliphatic heterocycles. The van der Waals surface area contributed by atoms with Gasteiger partial charge in [0.2, 0.25) is 0 Å². The van der Waals surface area contributed by atoms with Gasteiger partial charge < -0.3 is 0 Å². The van der Waals surface area contributed by atoms with Gasteiger partial charge in [-0.15, -0.1) is 16.7 Å². The molecule has 3 nitrogen and oxygen atoms in total. The average Bonchev–Trinajstić information content (AvgIpc) is 2.71. The number of aromatic nitrogens is 3. The van der Waals surface area contributed by atoms with E-state index in [1.165, 1.54) is 16.7 Å². The third-order valence-electron chi connectivity index (χ3n) is 2.56. The first-order valence-corrected chi connectivity index (χ1v) is 5.73. The van der Waals surface area contributed by atoms with Crippen LogP contribution in [0.1, 0.15) is 22.4 Å². The fourth-order valence-corrected chi connectivity index (χ4v) is 1.74. The van der Waals surface area contributed by atoms with Crippen molar-refractivity contribution in [3.05, 3.63) is 46.8 Å². The molecule has 2 aromatic rings. The Bertz CT molecular complexity index is 491. The standard InChI is InChI=1S/C12H14ClN3/c1-9-3-4-10(2)11(5-9)7-16-8-12(6-13)14-15-16/h3-5,8H,6-7H2,1-2H3. The molecular weight excluding hydrogens is 222 g/mol. The monoisotopic (exact) mass is 235 g/mol. The molecule has 0 N–H and O–H groups in total. The Labute approximate surface area is 100 Å². The van der Waals surface area contributed by atoms with Crippen molar-refractivity contribution in [3.63, 3.8) is 0 Å². The van der Waals surface area contributed by atoms with Gasteiger partial charge in [0.1, 0.15) is 0 Å². The van der Waals surface area contributed by atoms with Gasteiger partial charge in [0.15, 0.2) is 0 Å². The second-order valence-corrected chi connectivity index (χ2v) is 4.24. The van der Waals surface area contributed by atoms with Crippen LogP contribution >= 0.6 is 11.6 Å². The quantitative estimate of drug-likeness (QED) is 0.766. The molecule has 0 atom stereocenters. The zero-order valence-corrected chi connectivity index (χ0v) is 10.2. The van der Waals surface area contributed by atoms with Crippen molar-refractivity contribution >= 4 is 11.6 Å². The summed E-state index contributed by atoms with van der Waals surface area (Å²) in [5.74, 6) is 0.410. The van der Waals surface area contributed by atoms with Crippen LogP contribution in [-0.2, 0) is 12.4 Å². The molecule has 1 aromatic heterocycles. The maximum absolute atomic E-state index is 5.68. The topological polar surface area (TPSA) is 30.7 Å². The Hall–Kier alpha value is -1.35. The summed E-state index contributed by atoms with van der Waals surface area (Å²) in [5.41, 5.74) is 4.62. The Kier molecular flexibility index (Phi) is 3.25. The molecule has 0 aliphatic carbocycles. The highest BCUT2D eigenvalue weighted by molar-refractivity contribution is 6.16. The van der Waals surface area contributed by atoms with Gasteiger partial charge >= 0.3 is 0 Å². The van der Waals surface area contributed by atoms with Gasteiger partial charge in [-0.2, -0.15) is 0 Å². The molecule has 1 heterocycles. The summed E-state index contributed by atoms with van der Waals surface area (Å²) in [6, 6.07) is 6.42. The van der Waals surface area contributed by atoms with Crippen molar-refractivity contribution < 1.29 is 0 Å². The van der Waals surface area contributed by atoms with Crippen molar-refractivity contribution in [2.45, 2.75) is 26.3 Å². The van der Waals surface area contributed by atoms with E-state index in [2.05, 4.69) is 42.4 Å². The zero-order valence-electron chi connectivity index (χ0n) is 9.44. The van der Waals surface area contributed by atoms with E-state index in [0.29, 0.717) is 5.88 Å². The average molecular weight is 236 g/mol. The number of aryl methyl sites for hydroxylation is 2. The molecule has 84 valence electrons. The number of nitrogens with zero attached hydrogens (tertiary/aromatic N) is 3. The van der Waals surface area contributed by atoms with E-state index in [-0.39, 0.29) is 0 Å². The van der Waals surface area contributed by atoms with E-state index in [1.54, 1.807) is 0 Å². The molecule has 1 aromatic carbocycles. The summed E-state index contributed by atoms with van der Waals surface area (Å²) < 4.78 is 1.82. The first-order valence-electron chi connectivity index (χ1n) is 5.20. The fraction of sp³-hybridized carbons (Fsp3) is 0.333. The first-order chi connectivity index (χ1) is 7.69. The molecule has 0 unspecified atom stereocenters. The second-order valence-electron chi connectivity index (χ2n) is 3.97. The predicted octanol–water partition coefficient (Wildman–Crippen LogP) is 2.68. The lowest BCUT2D eigenvalue weighted by Gasteiger charge is -2.06. The molecule has 0 saturated carbocycles. The molecular formula is C12H14ClN3. The Morgan fingerprint density at radius 3 is 2.81 bits per heavy atom. The molecule has 0 saturated heterocycles. The highest BCUT2D eigenvalue weighted by Gasteiger charge is 2.03. The molecule has 0 fully saturated rings. The lowest BCUT2D eigenvalue weighted by atomic mass is 10.1. The van der Waals surface area contributed by atoms with Crippen molar-refractivity contribution in [3.8, 4) is 0 Å². The molecule has 0 bridgehead atoms. The van der Waals surface area contributed by atoms with Crippen molar-refractivity contribution in [2.24, 2.45) is 0 Å². The highest BCUT2D eigenvalue weighted by Crippen LogP contribution is 2.12. The third-order valence-corrected chi connectivity index (χ3v) is 2.83. The van der Waals surface area contributed by atoms with Crippen LogP contribution in [0.4, 0.5) is 0 Å². The van der Waals surface area contributed by atoms with E-state index in [9.17, 15) is 0 Å². The van der Waals surface area contributed by atoms with Crippen LogP contribution in [0, 0.1) is 13.8 Å². The zero-order chi connectivity index (χ0) is 11.5. The van der Waals surface area contributed by atoms with Crippen LogP contribution in [0.2, 0.25) is 0 Å². The Morgan fingerprint density at radius 2 is 2.12 bits per heavy atom. The second kappa shape index (κ2) is 4.66. The Balaban J connectivity index is 2.22. The van der Waals surface area contributed by atoms with E-state index >= 15 is 0 Å². The Morgan fingerprint density at radius 1 is 1.31 bits per heavy atom. The minimum absolute atomic E-state index is 0.410. The van der Waals surface area contributed by atoms with Gasteiger partial charge in [-0.1, -0.05) is 29.0 Å². The van der Waals surface area contributed by atoms with Gasteiger partial charge in [0, 0.05) is 0 Å². The van der Waals surface area contributed by atoms with E-state index < -0.39 is 0 Å². The van der Waals surface area contributed by atoms with Crippen molar-refractivity contribution in [1.82, 2.24) is 15.0 Å². The number of hydrogen-bond donors (Lipinski definition) is 0. The minimum atomic E-state index is 0.410. The summed E-state index contributed by atoms with van der Waals surface area (Å²) in [4.78, 5) is 0. The number of halogens is 1. The maximum atomic E-state index is 5.68. The normalized spacial score (nSPS) is 10.7. The smallest absolute Gasteiger partial charge is 0.0974 e. The van der Waals surface area contributed by atoms with Crippen LogP contribution in [0.5, 0.6) is 0 Å². The van der Waals surface area contributed by atoms with Crippen LogP contribution in [0.3, 0.4) is 0 Å². The summed E-state index contributed by atoms with van der Waals surface area (Å²) >= 11 is 5.68. The number of benzene rings is 1. The van der Waals surface area contributed by atoms with Crippen molar-refractivity contribution in [1.29, 1.82) is 0 Å². The number of alkyl halides is 1. The molecule has 2 rings (SSSR count). The largest absolute Gasteiger partial charge is 0.248 e. The molecule has 0 amide bonds. The van der Waals surface area contributed by atoms with E-state index in [4.69, 9.17) is 11.6 Å². The fourth-order valence-electron chi connectivity index (χ4n) is 1.62. The SMILES string of the molecule is Cc1ccc(C)c(Cn2cc(CCl)nn2)c1. The third kappa shape index (κ3) is 2.42. The van der Waals surface area contributed by atoms with Gasteiger partial charge in [0.25, 0.3) is 0 Å². The van der Waals surface area contributed by atoms with Crippen LogP contribution in [0.15, 0.2) is 24.4 Å². The van der Waals surface area contributed by atoms with Crippen LogP contribution in [0.25, 0.3) is 0 Å². The lowest BCUT2D eigenvalue weighted by molar-refractivity contribution is 0.647.